The first-order valence-corrected chi connectivity index (χ1v) is 5.41. The zero-order chi connectivity index (χ0) is 9.68. The Balaban J connectivity index is 2.63. The van der Waals surface area contributed by atoms with Crippen LogP contribution in [0.4, 0.5) is 0 Å². The molecule has 0 aromatic heterocycles. The molecule has 0 N–H and O–H groups in total. The van der Waals surface area contributed by atoms with Crippen LogP contribution in [0, 0.1) is 11.8 Å². The van der Waals surface area contributed by atoms with Crippen LogP contribution in [-0.2, 0) is 4.79 Å². The molecule has 0 heterocycles. The van der Waals surface area contributed by atoms with E-state index in [1.165, 1.54) is 6.42 Å². The lowest BCUT2D eigenvalue weighted by Crippen LogP contribution is -2.22. The molecule has 1 nitrogen and oxygen atoms in total. The monoisotopic (exact) mass is 180 g/mol. The Morgan fingerprint density at radius 2 is 1.92 bits per heavy atom. The second-order valence-corrected chi connectivity index (χ2v) is 4.01. The fraction of sp³-hybridized carbons (Fsp3) is 0.750. The van der Waals surface area contributed by atoms with Gasteiger partial charge < -0.3 is 0 Å². The predicted molar refractivity (Wildman–Crippen MR) is 55.6 cm³/mol. The van der Waals surface area contributed by atoms with Crippen molar-refractivity contribution in [1.29, 1.82) is 0 Å². The zero-order valence-corrected chi connectivity index (χ0v) is 8.75. The summed E-state index contributed by atoms with van der Waals surface area (Å²) in [6, 6.07) is 0. The van der Waals surface area contributed by atoms with Gasteiger partial charge >= 0.3 is 0 Å². The lowest BCUT2D eigenvalue weighted by Gasteiger charge is -2.24. The summed E-state index contributed by atoms with van der Waals surface area (Å²) in [7, 11) is 0. The summed E-state index contributed by atoms with van der Waals surface area (Å²) in [4.78, 5) is 11.4. The Morgan fingerprint density at radius 3 is 2.46 bits per heavy atom. The molecule has 1 aliphatic rings. The number of Topliss-reactive ketones (excluding diaryl/α,β-unsaturated/α-hetero) is 1. The van der Waals surface area contributed by atoms with Crippen molar-refractivity contribution in [2.45, 2.75) is 46.0 Å². The summed E-state index contributed by atoms with van der Waals surface area (Å²) in [6.45, 7) is 3.95. The van der Waals surface area contributed by atoms with Gasteiger partial charge in [0.2, 0.25) is 0 Å². The zero-order valence-electron chi connectivity index (χ0n) is 8.75. The standard InChI is InChI=1S/C12H20O/c1-3-11-8-6-4-5-7-9-12(11)10(2)13/h4-5,11-12H,3,6-9H2,1-2H3/b5-4-/t11?,12-/m0/s1. The van der Waals surface area contributed by atoms with E-state index in [2.05, 4.69) is 19.1 Å². The highest BCUT2D eigenvalue weighted by Gasteiger charge is 2.23. The molecule has 2 atom stereocenters. The van der Waals surface area contributed by atoms with Gasteiger partial charge in [0, 0.05) is 5.92 Å². The van der Waals surface area contributed by atoms with Crippen molar-refractivity contribution in [2.24, 2.45) is 11.8 Å². The molecule has 0 saturated heterocycles. The van der Waals surface area contributed by atoms with Crippen LogP contribution in [0.3, 0.4) is 0 Å². The molecular formula is C12H20O. The first-order valence-electron chi connectivity index (χ1n) is 5.41. The van der Waals surface area contributed by atoms with E-state index >= 15 is 0 Å². The number of ketones is 1. The van der Waals surface area contributed by atoms with Gasteiger partial charge in [-0.25, -0.2) is 0 Å². The number of allylic oxidation sites excluding steroid dienone is 2. The van der Waals surface area contributed by atoms with Crippen LogP contribution in [0.1, 0.15) is 46.0 Å². The van der Waals surface area contributed by atoms with Gasteiger partial charge in [-0.2, -0.15) is 0 Å². The molecule has 1 rings (SSSR count). The van der Waals surface area contributed by atoms with E-state index in [1.54, 1.807) is 6.92 Å². The topological polar surface area (TPSA) is 17.1 Å². The van der Waals surface area contributed by atoms with Crippen molar-refractivity contribution in [3.8, 4) is 0 Å². The summed E-state index contributed by atoms with van der Waals surface area (Å²) in [6.07, 6.45) is 10.1. The molecule has 1 heteroatoms. The van der Waals surface area contributed by atoms with Crippen LogP contribution in [0.5, 0.6) is 0 Å². The molecule has 13 heavy (non-hydrogen) atoms. The van der Waals surface area contributed by atoms with Gasteiger partial charge in [0.15, 0.2) is 0 Å². The SMILES string of the molecule is CCC1CC/C=C\CC[C@H]1C(C)=O. The van der Waals surface area contributed by atoms with Crippen LogP contribution >= 0.6 is 0 Å². The summed E-state index contributed by atoms with van der Waals surface area (Å²) in [5.41, 5.74) is 0. The third kappa shape index (κ3) is 2.98. The van der Waals surface area contributed by atoms with Crippen molar-refractivity contribution in [2.75, 3.05) is 0 Å². The average Bonchev–Trinajstić information content (AvgIpc) is 2.03. The fourth-order valence-corrected chi connectivity index (χ4v) is 2.28. The van der Waals surface area contributed by atoms with Gasteiger partial charge in [0.25, 0.3) is 0 Å². The number of rotatable bonds is 2. The predicted octanol–water partition coefficient (Wildman–Crippen LogP) is 3.35. The highest BCUT2D eigenvalue weighted by Crippen LogP contribution is 2.28. The van der Waals surface area contributed by atoms with E-state index in [-0.39, 0.29) is 0 Å². The van der Waals surface area contributed by atoms with Crippen molar-refractivity contribution in [3.63, 3.8) is 0 Å². The van der Waals surface area contributed by atoms with Gasteiger partial charge in [0.1, 0.15) is 5.78 Å². The maximum Gasteiger partial charge on any atom is 0.133 e. The van der Waals surface area contributed by atoms with Gasteiger partial charge in [-0.3, -0.25) is 4.79 Å². The Kier molecular flexibility index (Phi) is 4.20. The Bertz CT molecular complexity index is 193. The summed E-state index contributed by atoms with van der Waals surface area (Å²) in [5.74, 6) is 1.35. The van der Waals surface area contributed by atoms with Crippen molar-refractivity contribution in [3.05, 3.63) is 12.2 Å². The molecule has 74 valence electrons. The Labute approximate surface area is 81.2 Å². The normalized spacial score (nSPS) is 31.8. The number of carbonyl (C=O) groups is 1. The minimum Gasteiger partial charge on any atom is -0.300 e. The minimum absolute atomic E-state index is 0.329. The summed E-state index contributed by atoms with van der Waals surface area (Å²) < 4.78 is 0. The average molecular weight is 180 g/mol. The largest absolute Gasteiger partial charge is 0.300 e. The van der Waals surface area contributed by atoms with Gasteiger partial charge in [-0.15, -0.1) is 0 Å². The molecule has 0 radical (unpaired) electrons. The highest BCUT2D eigenvalue weighted by atomic mass is 16.1. The van der Waals surface area contributed by atoms with E-state index in [0.717, 1.165) is 25.7 Å². The third-order valence-corrected chi connectivity index (χ3v) is 3.13. The minimum atomic E-state index is 0.329. The molecule has 1 aliphatic carbocycles. The van der Waals surface area contributed by atoms with Crippen LogP contribution in [0.2, 0.25) is 0 Å². The second-order valence-electron chi connectivity index (χ2n) is 4.01. The van der Waals surface area contributed by atoms with Crippen LogP contribution < -0.4 is 0 Å². The summed E-state index contributed by atoms with van der Waals surface area (Å²) >= 11 is 0. The smallest absolute Gasteiger partial charge is 0.133 e. The molecule has 0 amide bonds. The number of carbonyl (C=O) groups excluding carboxylic acids is 1. The van der Waals surface area contributed by atoms with E-state index in [1.807, 2.05) is 0 Å². The van der Waals surface area contributed by atoms with Crippen LogP contribution in [0.15, 0.2) is 12.2 Å². The maximum absolute atomic E-state index is 11.4. The highest BCUT2D eigenvalue weighted by molar-refractivity contribution is 5.78. The molecule has 0 aromatic rings. The van der Waals surface area contributed by atoms with E-state index in [0.29, 0.717) is 17.6 Å². The van der Waals surface area contributed by atoms with Gasteiger partial charge in [-0.1, -0.05) is 25.5 Å². The molecule has 0 aromatic carbocycles. The van der Waals surface area contributed by atoms with Gasteiger partial charge in [0.05, 0.1) is 0 Å². The second kappa shape index (κ2) is 5.21. The maximum atomic E-state index is 11.4. The molecular weight excluding hydrogens is 160 g/mol. The molecule has 0 bridgehead atoms. The first-order chi connectivity index (χ1) is 6.25. The third-order valence-electron chi connectivity index (χ3n) is 3.13. The molecule has 0 saturated carbocycles. The molecule has 0 spiro atoms. The Morgan fingerprint density at radius 1 is 1.31 bits per heavy atom. The van der Waals surface area contributed by atoms with Crippen molar-refractivity contribution >= 4 is 5.78 Å². The Hall–Kier alpha value is -0.590. The van der Waals surface area contributed by atoms with Crippen LogP contribution in [0.25, 0.3) is 0 Å². The first kappa shape index (κ1) is 10.5. The molecule has 0 aliphatic heterocycles. The van der Waals surface area contributed by atoms with Gasteiger partial charge in [-0.05, 0) is 38.5 Å². The van der Waals surface area contributed by atoms with E-state index in [9.17, 15) is 4.79 Å². The number of hydrogen-bond acceptors (Lipinski definition) is 1. The lowest BCUT2D eigenvalue weighted by atomic mass is 9.80. The molecule has 1 unspecified atom stereocenters. The fourth-order valence-electron chi connectivity index (χ4n) is 2.28. The quantitative estimate of drug-likeness (QED) is 0.596. The van der Waals surface area contributed by atoms with Crippen LogP contribution in [-0.4, -0.2) is 5.78 Å². The molecule has 0 fully saturated rings. The lowest BCUT2D eigenvalue weighted by molar-refractivity contribution is -0.122. The van der Waals surface area contributed by atoms with Crippen molar-refractivity contribution in [1.82, 2.24) is 0 Å². The van der Waals surface area contributed by atoms with E-state index in [4.69, 9.17) is 0 Å². The number of hydrogen-bond donors (Lipinski definition) is 0. The van der Waals surface area contributed by atoms with E-state index < -0.39 is 0 Å². The van der Waals surface area contributed by atoms with Crippen molar-refractivity contribution < 1.29 is 4.79 Å². The summed E-state index contributed by atoms with van der Waals surface area (Å²) in [5, 5.41) is 0.